The summed E-state index contributed by atoms with van der Waals surface area (Å²) in [4.78, 5) is 21.6. The van der Waals surface area contributed by atoms with Crippen LogP contribution in [0.15, 0.2) is 0 Å². The molecule has 1 aliphatic heterocycles. The summed E-state index contributed by atoms with van der Waals surface area (Å²) in [6.07, 6.45) is 3.63. The van der Waals surface area contributed by atoms with E-state index in [1.165, 1.54) is 0 Å². The van der Waals surface area contributed by atoms with Crippen molar-refractivity contribution < 1.29 is 9.59 Å². The third-order valence-corrected chi connectivity index (χ3v) is 2.32. The van der Waals surface area contributed by atoms with Gasteiger partial charge in [-0.15, -0.1) is 0 Å². The average Bonchev–Trinajstić information content (AvgIpc) is 2.80. The Morgan fingerprint density at radius 3 is 2.83 bits per heavy atom. The maximum Gasteiger partial charge on any atom is 0.238 e. The van der Waals surface area contributed by atoms with Gasteiger partial charge in [0.25, 0.3) is 0 Å². The Balaban J connectivity index is 2.02. The van der Waals surface area contributed by atoms with Crippen LogP contribution < -0.4 is 0 Å². The van der Waals surface area contributed by atoms with Crippen LogP contribution in [0.3, 0.4) is 0 Å². The van der Waals surface area contributed by atoms with E-state index in [1.54, 1.807) is 5.01 Å². The van der Waals surface area contributed by atoms with Crippen molar-refractivity contribution in [1.29, 1.82) is 0 Å². The predicted octanol–water partition coefficient (Wildman–Crippen LogP) is -0.203. The normalized spacial score (nSPS) is 25.0. The van der Waals surface area contributed by atoms with Gasteiger partial charge in [-0.3, -0.25) is 9.80 Å². The Morgan fingerprint density at radius 1 is 1.50 bits per heavy atom. The predicted molar refractivity (Wildman–Crippen MR) is 42.1 cm³/mol. The van der Waals surface area contributed by atoms with Gasteiger partial charge in [0, 0.05) is 19.0 Å². The Morgan fingerprint density at radius 2 is 2.25 bits per heavy atom. The van der Waals surface area contributed by atoms with Gasteiger partial charge in [0.1, 0.15) is 6.29 Å². The summed E-state index contributed by atoms with van der Waals surface area (Å²) < 4.78 is 0. The second kappa shape index (κ2) is 2.86. The van der Waals surface area contributed by atoms with E-state index in [-0.39, 0.29) is 5.91 Å². The van der Waals surface area contributed by atoms with Crippen molar-refractivity contribution in [2.75, 3.05) is 13.1 Å². The largest absolute Gasteiger partial charge is 0.302 e. The highest BCUT2D eigenvalue weighted by molar-refractivity contribution is 5.78. The van der Waals surface area contributed by atoms with Crippen LogP contribution in [0, 0.1) is 0 Å². The van der Waals surface area contributed by atoms with Crippen molar-refractivity contribution in [3.05, 3.63) is 0 Å². The van der Waals surface area contributed by atoms with Crippen molar-refractivity contribution in [2.45, 2.75) is 25.3 Å². The zero-order valence-electron chi connectivity index (χ0n) is 6.90. The van der Waals surface area contributed by atoms with E-state index in [0.717, 1.165) is 19.1 Å². The first-order valence-corrected chi connectivity index (χ1v) is 4.33. The SMILES string of the molecule is O=CCN1CCC(=O)N1C1CC1. The zero-order chi connectivity index (χ0) is 8.55. The maximum absolute atomic E-state index is 11.3. The maximum atomic E-state index is 11.3. The highest BCUT2D eigenvalue weighted by Gasteiger charge is 2.39. The van der Waals surface area contributed by atoms with E-state index in [0.29, 0.717) is 25.6 Å². The third-order valence-electron chi connectivity index (χ3n) is 2.32. The van der Waals surface area contributed by atoms with Gasteiger partial charge < -0.3 is 4.79 Å². The minimum Gasteiger partial charge on any atom is -0.302 e. The Hall–Kier alpha value is -0.900. The molecule has 2 fully saturated rings. The van der Waals surface area contributed by atoms with E-state index in [1.807, 2.05) is 5.01 Å². The molecule has 2 aliphatic rings. The smallest absolute Gasteiger partial charge is 0.238 e. The van der Waals surface area contributed by atoms with Crippen molar-refractivity contribution >= 4 is 12.2 Å². The van der Waals surface area contributed by atoms with Gasteiger partial charge in [-0.05, 0) is 12.8 Å². The molecule has 12 heavy (non-hydrogen) atoms. The summed E-state index contributed by atoms with van der Waals surface area (Å²) in [5, 5.41) is 3.63. The number of hydrazine groups is 1. The van der Waals surface area contributed by atoms with E-state index < -0.39 is 0 Å². The molecule has 1 saturated heterocycles. The monoisotopic (exact) mass is 168 g/mol. The first kappa shape index (κ1) is 7.73. The fourth-order valence-electron chi connectivity index (χ4n) is 1.62. The van der Waals surface area contributed by atoms with Gasteiger partial charge in [-0.2, -0.15) is 0 Å². The van der Waals surface area contributed by atoms with Crippen molar-refractivity contribution in [3.8, 4) is 0 Å². The van der Waals surface area contributed by atoms with Crippen LogP contribution in [0.5, 0.6) is 0 Å². The molecule has 0 aromatic heterocycles. The molecule has 4 nitrogen and oxygen atoms in total. The minimum atomic E-state index is 0.180. The molecule has 1 heterocycles. The molecule has 0 radical (unpaired) electrons. The lowest BCUT2D eigenvalue weighted by Crippen LogP contribution is -2.41. The Kier molecular flexibility index (Phi) is 1.84. The molecule has 0 unspecified atom stereocenters. The second-order valence-electron chi connectivity index (χ2n) is 3.30. The molecule has 66 valence electrons. The van der Waals surface area contributed by atoms with Gasteiger partial charge in [0.15, 0.2) is 0 Å². The van der Waals surface area contributed by atoms with Crippen LogP contribution in [0.25, 0.3) is 0 Å². The summed E-state index contributed by atoms with van der Waals surface area (Å²) in [5.41, 5.74) is 0. The lowest BCUT2D eigenvalue weighted by molar-refractivity contribution is -0.139. The fourth-order valence-corrected chi connectivity index (χ4v) is 1.62. The van der Waals surface area contributed by atoms with E-state index in [4.69, 9.17) is 0 Å². The summed E-state index contributed by atoms with van der Waals surface area (Å²) in [5.74, 6) is 0.180. The molecule has 0 N–H and O–H groups in total. The molecule has 0 bridgehead atoms. The summed E-state index contributed by atoms with van der Waals surface area (Å²) in [7, 11) is 0. The number of carbonyl (C=O) groups is 2. The van der Waals surface area contributed by atoms with Gasteiger partial charge in [-0.25, -0.2) is 5.01 Å². The van der Waals surface area contributed by atoms with Gasteiger partial charge in [0.05, 0.1) is 6.54 Å². The molecule has 4 heteroatoms. The standard InChI is InChI=1S/C8H12N2O2/c11-6-5-9-4-3-8(12)10(9)7-1-2-7/h6-7H,1-5H2. The molecule has 1 aliphatic carbocycles. The first-order valence-electron chi connectivity index (χ1n) is 4.33. The molecule has 0 aromatic carbocycles. The Bertz CT molecular complexity index is 213. The summed E-state index contributed by atoms with van der Waals surface area (Å²) >= 11 is 0. The molecule has 1 saturated carbocycles. The number of hydrogen-bond donors (Lipinski definition) is 0. The van der Waals surface area contributed by atoms with Gasteiger partial charge in [0.2, 0.25) is 5.91 Å². The molecule has 1 amide bonds. The fraction of sp³-hybridized carbons (Fsp3) is 0.750. The van der Waals surface area contributed by atoms with Crippen LogP contribution in [-0.4, -0.2) is 41.3 Å². The molecular formula is C8H12N2O2. The van der Waals surface area contributed by atoms with Crippen LogP contribution in [0.1, 0.15) is 19.3 Å². The molecule has 0 atom stereocenters. The average molecular weight is 168 g/mol. The summed E-state index contributed by atoms with van der Waals surface area (Å²) in [6.45, 7) is 1.08. The van der Waals surface area contributed by atoms with E-state index in [9.17, 15) is 9.59 Å². The molecular weight excluding hydrogens is 156 g/mol. The number of nitrogens with zero attached hydrogens (tertiary/aromatic N) is 2. The van der Waals surface area contributed by atoms with Crippen LogP contribution in [-0.2, 0) is 9.59 Å². The van der Waals surface area contributed by atoms with Gasteiger partial charge in [-0.1, -0.05) is 0 Å². The van der Waals surface area contributed by atoms with Crippen molar-refractivity contribution in [2.24, 2.45) is 0 Å². The zero-order valence-corrected chi connectivity index (χ0v) is 6.90. The van der Waals surface area contributed by atoms with E-state index >= 15 is 0 Å². The number of carbonyl (C=O) groups excluding carboxylic acids is 2. The number of rotatable bonds is 3. The third kappa shape index (κ3) is 1.22. The summed E-state index contributed by atoms with van der Waals surface area (Å²) in [6, 6.07) is 0.403. The quantitative estimate of drug-likeness (QED) is 0.548. The van der Waals surface area contributed by atoms with Crippen LogP contribution >= 0.6 is 0 Å². The second-order valence-corrected chi connectivity index (χ2v) is 3.30. The minimum absolute atomic E-state index is 0.180. The molecule has 0 spiro atoms. The van der Waals surface area contributed by atoms with Crippen LogP contribution in [0.2, 0.25) is 0 Å². The van der Waals surface area contributed by atoms with Gasteiger partial charge >= 0.3 is 0 Å². The van der Waals surface area contributed by atoms with Crippen molar-refractivity contribution in [3.63, 3.8) is 0 Å². The molecule has 0 aromatic rings. The van der Waals surface area contributed by atoms with Crippen LogP contribution in [0.4, 0.5) is 0 Å². The highest BCUT2D eigenvalue weighted by Crippen LogP contribution is 2.31. The number of hydrogen-bond acceptors (Lipinski definition) is 3. The lowest BCUT2D eigenvalue weighted by atomic mass is 10.4. The Labute approximate surface area is 71.1 Å². The highest BCUT2D eigenvalue weighted by atomic mass is 16.2. The lowest BCUT2D eigenvalue weighted by Gasteiger charge is -2.25. The number of aldehydes is 1. The van der Waals surface area contributed by atoms with E-state index in [2.05, 4.69) is 0 Å². The first-order chi connectivity index (χ1) is 5.83. The number of amides is 1. The van der Waals surface area contributed by atoms with Crippen molar-refractivity contribution in [1.82, 2.24) is 10.0 Å². The molecule has 2 rings (SSSR count). The topological polar surface area (TPSA) is 40.6 Å².